The highest BCUT2D eigenvalue weighted by Gasteiger charge is 2.39. The predicted molar refractivity (Wildman–Crippen MR) is 74.2 cm³/mol. The third-order valence-electron chi connectivity index (χ3n) is 2.93. The van der Waals surface area contributed by atoms with E-state index in [1.54, 1.807) is 0 Å². The van der Waals surface area contributed by atoms with Crippen molar-refractivity contribution in [3.8, 4) is 0 Å². The number of benzene rings is 1. The maximum atomic E-state index is 11.6. The molecule has 1 aliphatic heterocycles. The second kappa shape index (κ2) is 5.16. The van der Waals surface area contributed by atoms with Gasteiger partial charge in [-0.05, 0) is 11.3 Å². The van der Waals surface area contributed by atoms with Crippen LogP contribution in [0.15, 0.2) is 40.8 Å². The first-order valence-corrected chi connectivity index (χ1v) is 7.85. The van der Waals surface area contributed by atoms with Gasteiger partial charge in [0, 0.05) is 18.2 Å². The molecule has 3 nitrogen and oxygen atoms in total. The summed E-state index contributed by atoms with van der Waals surface area (Å²) in [7, 11) is -2.16. The molecule has 0 aromatic heterocycles. The number of ketones is 1. The lowest BCUT2D eigenvalue weighted by atomic mass is 10.2. The van der Waals surface area contributed by atoms with Crippen LogP contribution >= 0.6 is 21.6 Å². The SMILES string of the molecule is O=C1C=C(Cl)S(Cc2ccccc2)(C(=O)O)CC1. The number of carbonyl (C=O) groups is 2. The van der Waals surface area contributed by atoms with E-state index in [2.05, 4.69) is 0 Å². The normalized spacial score (nSPS) is 27.2. The van der Waals surface area contributed by atoms with Crippen LogP contribution in [0.4, 0.5) is 4.79 Å². The average molecular weight is 285 g/mol. The van der Waals surface area contributed by atoms with Crippen molar-refractivity contribution in [3.05, 3.63) is 46.3 Å². The van der Waals surface area contributed by atoms with Crippen LogP contribution in [0.3, 0.4) is 0 Å². The minimum atomic E-state index is -2.16. The largest absolute Gasteiger partial charge is 0.474 e. The molecule has 1 aromatic carbocycles. The minimum absolute atomic E-state index is 0.0857. The number of hydrogen-bond donors (Lipinski definition) is 1. The summed E-state index contributed by atoms with van der Waals surface area (Å²) in [5, 5.41) is 8.62. The van der Waals surface area contributed by atoms with Gasteiger partial charge in [0.1, 0.15) is 0 Å². The Morgan fingerprint density at radius 3 is 2.56 bits per heavy atom. The number of halogens is 1. The van der Waals surface area contributed by atoms with E-state index in [4.69, 9.17) is 11.6 Å². The van der Waals surface area contributed by atoms with Crippen molar-refractivity contribution in [1.82, 2.24) is 0 Å². The lowest BCUT2D eigenvalue weighted by molar-refractivity contribution is -0.114. The number of hydrogen-bond acceptors (Lipinski definition) is 2. The van der Waals surface area contributed by atoms with Crippen LogP contribution in [0.25, 0.3) is 0 Å². The average Bonchev–Trinajstić information content (AvgIpc) is 2.34. The monoisotopic (exact) mass is 284 g/mol. The van der Waals surface area contributed by atoms with E-state index in [1.807, 2.05) is 30.3 Å². The number of rotatable bonds is 2. The smallest absolute Gasteiger partial charge is 0.352 e. The molecule has 18 heavy (non-hydrogen) atoms. The van der Waals surface area contributed by atoms with E-state index in [-0.39, 0.29) is 16.6 Å². The van der Waals surface area contributed by atoms with E-state index in [0.29, 0.717) is 11.5 Å². The molecule has 96 valence electrons. The summed E-state index contributed by atoms with van der Waals surface area (Å²) in [5.74, 6) is 0.648. The Labute approximate surface area is 112 Å². The molecule has 0 saturated carbocycles. The second-order valence-electron chi connectivity index (χ2n) is 4.15. The molecule has 0 fully saturated rings. The van der Waals surface area contributed by atoms with Crippen molar-refractivity contribution >= 4 is 32.7 Å². The molecule has 1 aliphatic rings. The van der Waals surface area contributed by atoms with Gasteiger partial charge in [-0.15, -0.1) is 10.0 Å². The quantitative estimate of drug-likeness (QED) is 0.900. The molecule has 1 aromatic rings. The van der Waals surface area contributed by atoms with Crippen molar-refractivity contribution in [2.75, 3.05) is 5.75 Å². The van der Waals surface area contributed by atoms with Gasteiger partial charge in [-0.25, -0.2) is 4.79 Å². The fraction of sp³-hybridized carbons (Fsp3) is 0.231. The van der Waals surface area contributed by atoms with Crippen LogP contribution < -0.4 is 0 Å². The van der Waals surface area contributed by atoms with Crippen LogP contribution in [0.2, 0.25) is 0 Å². The Morgan fingerprint density at radius 2 is 2.00 bits per heavy atom. The Hall–Kier alpha value is -1.26. The molecule has 1 atom stereocenters. The van der Waals surface area contributed by atoms with Gasteiger partial charge in [0.05, 0.1) is 4.36 Å². The van der Waals surface area contributed by atoms with Gasteiger partial charge in [-0.3, -0.25) is 4.79 Å². The number of carbonyl (C=O) groups excluding carboxylic acids is 1. The number of carboxylic acid groups (broad SMARTS) is 1. The highest BCUT2D eigenvalue weighted by molar-refractivity contribution is 8.48. The summed E-state index contributed by atoms with van der Waals surface area (Å²) in [4.78, 5) is 22.9. The first kappa shape index (κ1) is 13.2. The molecule has 2 rings (SSSR count). The molecule has 0 saturated heterocycles. The minimum Gasteiger partial charge on any atom is -0.474 e. The van der Waals surface area contributed by atoms with Crippen molar-refractivity contribution in [1.29, 1.82) is 0 Å². The highest BCUT2D eigenvalue weighted by atomic mass is 35.5. The molecule has 0 aliphatic carbocycles. The molecule has 0 radical (unpaired) electrons. The van der Waals surface area contributed by atoms with Crippen molar-refractivity contribution in [3.63, 3.8) is 0 Å². The van der Waals surface area contributed by atoms with E-state index >= 15 is 0 Å². The molecule has 5 heteroatoms. The van der Waals surface area contributed by atoms with Crippen molar-refractivity contribution in [2.45, 2.75) is 12.2 Å². The van der Waals surface area contributed by atoms with Gasteiger partial charge in [0.25, 0.3) is 0 Å². The van der Waals surface area contributed by atoms with Crippen LogP contribution in [0.5, 0.6) is 0 Å². The van der Waals surface area contributed by atoms with Gasteiger partial charge in [-0.1, -0.05) is 41.9 Å². The second-order valence-corrected chi connectivity index (χ2v) is 8.03. The maximum absolute atomic E-state index is 11.6. The van der Waals surface area contributed by atoms with Gasteiger partial charge in [0.2, 0.25) is 0 Å². The molecule has 0 bridgehead atoms. The van der Waals surface area contributed by atoms with Crippen LogP contribution in [0.1, 0.15) is 12.0 Å². The third kappa shape index (κ3) is 2.44. The van der Waals surface area contributed by atoms with Crippen LogP contribution in [0, 0.1) is 0 Å². The van der Waals surface area contributed by atoms with Crippen LogP contribution in [-0.4, -0.2) is 21.9 Å². The Kier molecular flexibility index (Phi) is 3.78. The molecule has 0 spiro atoms. The summed E-state index contributed by atoms with van der Waals surface area (Å²) in [5.41, 5.74) is 0.941. The zero-order valence-electron chi connectivity index (χ0n) is 9.64. The summed E-state index contributed by atoms with van der Waals surface area (Å²) in [6.45, 7) is 0. The van der Waals surface area contributed by atoms with Crippen molar-refractivity contribution in [2.24, 2.45) is 0 Å². The van der Waals surface area contributed by atoms with E-state index < -0.39 is 15.3 Å². The lowest BCUT2D eigenvalue weighted by Gasteiger charge is -2.36. The fourth-order valence-corrected chi connectivity index (χ4v) is 5.24. The summed E-state index contributed by atoms with van der Waals surface area (Å²) < 4.78 is 0.218. The highest BCUT2D eigenvalue weighted by Crippen LogP contribution is 2.62. The Bertz CT molecular complexity index is 512. The van der Waals surface area contributed by atoms with E-state index in [0.717, 1.165) is 5.56 Å². The summed E-state index contributed by atoms with van der Waals surface area (Å²) in [6.07, 6.45) is 1.56. The topological polar surface area (TPSA) is 54.4 Å². The van der Waals surface area contributed by atoms with Gasteiger partial charge in [-0.2, -0.15) is 0 Å². The van der Waals surface area contributed by atoms with E-state index in [9.17, 15) is 14.7 Å². The molecule has 1 unspecified atom stereocenters. The predicted octanol–water partition coefficient (Wildman–Crippen LogP) is 3.72. The molecular formula is C13H13ClO3S. The zero-order valence-corrected chi connectivity index (χ0v) is 11.2. The zero-order chi connectivity index (χ0) is 13.2. The standard InChI is InChI=1S/C13H13ClO3S/c14-12-8-11(15)6-7-18(12,13(16)17)9-10-4-2-1-3-5-10/h1-5,8H,6-7,9H2,(H,16,17). The Morgan fingerprint density at radius 1 is 1.33 bits per heavy atom. The van der Waals surface area contributed by atoms with Crippen molar-refractivity contribution < 1.29 is 14.7 Å². The summed E-state index contributed by atoms with van der Waals surface area (Å²) >= 11 is 6.08. The molecule has 1 heterocycles. The first-order chi connectivity index (χ1) is 8.54. The van der Waals surface area contributed by atoms with Gasteiger partial charge < -0.3 is 5.11 Å². The maximum Gasteiger partial charge on any atom is 0.352 e. The number of allylic oxidation sites excluding steroid dienone is 1. The molecule has 1 N–H and O–H groups in total. The van der Waals surface area contributed by atoms with Gasteiger partial charge >= 0.3 is 5.30 Å². The lowest BCUT2D eigenvalue weighted by Crippen LogP contribution is -2.22. The summed E-state index contributed by atoms with van der Waals surface area (Å²) in [6, 6.07) is 9.40. The van der Waals surface area contributed by atoms with Gasteiger partial charge in [0.15, 0.2) is 5.78 Å². The Balaban J connectivity index is 2.37. The van der Waals surface area contributed by atoms with E-state index in [1.165, 1.54) is 6.08 Å². The molecule has 0 amide bonds. The fourth-order valence-electron chi connectivity index (χ4n) is 1.92. The molecular weight excluding hydrogens is 272 g/mol. The van der Waals surface area contributed by atoms with Crippen LogP contribution in [-0.2, 0) is 10.5 Å². The first-order valence-electron chi connectivity index (χ1n) is 5.50. The third-order valence-corrected chi connectivity index (χ3v) is 7.19.